The molecular formula is C22H28N6OS. The first-order valence-corrected chi connectivity index (χ1v) is 11.1. The summed E-state index contributed by atoms with van der Waals surface area (Å²) in [7, 11) is 0. The molecule has 0 spiro atoms. The molecule has 1 atom stereocenters. The SMILES string of the molecule is Cc1nc(C)c(-c2ccnc(Nc3ccc(N4CCN(CC(C)O)CC4)cc3)n2)s1. The average Bonchev–Trinajstić information content (AvgIpc) is 3.07. The van der Waals surface area contributed by atoms with E-state index in [2.05, 4.69) is 54.3 Å². The highest BCUT2D eigenvalue weighted by Crippen LogP contribution is 2.29. The van der Waals surface area contributed by atoms with Crippen LogP contribution in [0.25, 0.3) is 10.6 Å². The van der Waals surface area contributed by atoms with Gasteiger partial charge in [0.15, 0.2) is 0 Å². The minimum absolute atomic E-state index is 0.272. The number of piperazine rings is 1. The number of aliphatic hydroxyl groups excluding tert-OH is 1. The van der Waals surface area contributed by atoms with Crippen molar-refractivity contribution in [1.82, 2.24) is 19.9 Å². The molecule has 1 aliphatic heterocycles. The molecule has 3 heterocycles. The minimum atomic E-state index is -0.272. The predicted molar refractivity (Wildman–Crippen MR) is 123 cm³/mol. The van der Waals surface area contributed by atoms with Crippen molar-refractivity contribution in [3.8, 4) is 10.6 Å². The average molecular weight is 425 g/mol. The van der Waals surface area contributed by atoms with E-state index in [-0.39, 0.29) is 6.10 Å². The summed E-state index contributed by atoms with van der Waals surface area (Å²) >= 11 is 1.65. The molecule has 1 fully saturated rings. The van der Waals surface area contributed by atoms with Crippen molar-refractivity contribution in [2.24, 2.45) is 0 Å². The summed E-state index contributed by atoms with van der Waals surface area (Å²) in [5, 5.41) is 13.9. The number of β-amino-alcohol motifs (C(OH)–C–C–N with tert-alkyl or cyclic N) is 1. The molecule has 7 nitrogen and oxygen atoms in total. The van der Waals surface area contributed by atoms with Gasteiger partial charge in [0.05, 0.1) is 27.4 Å². The number of anilines is 3. The standard InChI is InChI=1S/C22H28N6OS/c1-15(29)14-27-10-12-28(13-11-27)19-6-4-18(5-7-19)25-22-23-9-8-20(26-22)21-16(2)24-17(3)30-21/h4-9,15,29H,10-14H2,1-3H3,(H,23,25,26). The number of thiazole rings is 1. The van der Waals surface area contributed by atoms with Gasteiger partial charge in [-0.05, 0) is 51.1 Å². The zero-order valence-corrected chi connectivity index (χ0v) is 18.5. The quantitative estimate of drug-likeness (QED) is 0.627. The van der Waals surface area contributed by atoms with Crippen LogP contribution in [0.1, 0.15) is 17.6 Å². The lowest BCUT2D eigenvalue weighted by atomic mass is 10.2. The number of hydrogen-bond acceptors (Lipinski definition) is 8. The maximum atomic E-state index is 9.56. The van der Waals surface area contributed by atoms with Gasteiger partial charge in [0.25, 0.3) is 0 Å². The summed E-state index contributed by atoms with van der Waals surface area (Å²) in [6.45, 7) is 10.5. The van der Waals surface area contributed by atoms with Crippen molar-refractivity contribution in [3.63, 3.8) is 0 Å². The summed E-state index contributed by atoms with van der Waals surface area (Å²) in [4.78, 5) is 19.3. The number of aliphatic hydroxyl groups is 1. The van der Waals surface area contributed by atoms with Gasteiger partial charge in [-0.25, -0.2) is 15.0 Å². The van der Waals surface area contributed by atoms with E-state index in [0.29, 0.717) is 5.95 Å². The maximum Gasteiger partial charge on any atom is 0.227 e. The largest absolute Gasteiger partial charge is 0.392 e. The topological polar surface area (TPSA) is 77.4 Å². The van der Waals surface area contributed by atoms with E-state index in [0.717, 1.165) is 59.7 Å². The van der Waals surface area contributed by atoms with Gasteiger partial charge in [-0.15, -0.1) is 11.3 Å². The summed E-state index contributed by atoms with van der Waals surface area (Å²) in [5.41, 5.74) is 4.06. The molecular weight excluding hydrogens is 396 g/mol. The number of nitrogens with one attached hydrogen (secondary N) is 1. The molecule has 0 bridgehead atoms. The monoisotopic (exact) mass is 424 g/mol. The smallest absolute Gasteiger partial charge is 0.227 e. The van der Waals surface area contributed by atoms with Crippen LogP contribution in [0.5, 0.6) is 0 Å². The van der Waals surface area contributed by atoms with Crippen molar-refractivity contribution in [1.29, 1.82) is 0 Å². The number of nitrogens with zero attached hydrogens (tertiary/aromatic N) is 5. The summed E-state index contributed by atoms with van der Waals surface area (Å²) in [6, 6.07) is 10.3. The van der Waals surface area contributed by atoms with Gasteiger partial charge >= 0.3 is 0 Å². The highest BCUT2D eigenvalue weighted by atomic mass is 32.1. The molecule has 1 aliphatic rings. The molecule has 0 saturated carbocycles. The van der Waals surface area contributed by atoms with Crippen LogP contribution in [0.3, 0.4) is 0 Å². The van der Waals surface area contributed by atoms with Crippen LogP contribution in [0.4, 0.5) is 17.3 Å². The number of aryl methyl sites for hydroxylation is 2. The zero-order chi connectivity index (χ0) is 21.1. The number of benzene rings is 1. The second-order valence-electron chi connectivity index (χ2n) is 7.72. The molecule has 1 aromatic carbocycles. The maximum absolute atomic E-state index is 9.56. The molecule has 0 aliphatic carbocycles. The Kier molecular flexibility index (Phi) is 6.26. The lowest BCUT2D eigenvalue weighted by Crippen LogP contribution is -2.48. The first-order valence-electron chi connectivity index (χ1n) is 10.3. The molecule has 1 unspecified atom stereocenters. The Labute approximate surface area is 181 Å². The van der Waals surface area contributed by atoms with Crippen LogP contribution >= 0.6 is 11.3 Å². The number of rotatable bonds is 6. The minimum Gasteiger partial charge on any atom is -0.392 e. The van der Waals surface area contributed by atoms with E-state index in [4.69, 9.17) is 0 Å². The third-order valence-electron chi connectivity index (χ3n) is 5.18. The molecule has 0 radical (unpaired) electrons. The Bertz CT molecular complexity index is 980. The van der Waals surface area contributed by atoms with E-state index in [1.165, 1.54) is 5.69 Å². The van der Waals surface area contributed by atoms with Crippen molar-refractivity contribution in [2.45, 2.75) is 26.9 Å². The molecule has 2 aromatic heterocycles. The Balaban J connectivity index is 1.40. The van der Waals surface area contributed by atoms with Crippen LogP contribution < -0.4 is 10.2 Å². The molecule has 0 amide bonds. The van der Waals surface area contributed by atoms with Crippen LogP contribution in [-0.4, -0.2) is 63.8 Å². The first-order chi connectivity index (χ1) is 14.5. The zero-order valence-electron chi connectivity index (χ0n) is 17.7. The summed E-state index contributed by atoms with van der Waals surface area (Å²) < 4.78 is 0. The Morgan fingerprint density at radius 1 is 1.07 bits per heavy atom. The van der Waals surface area contributed by atoms with Crippen molar-refractivity contribution in [2.75, 3.05) is 42.9 Å². The normalized spacial score (nSPS) is 15.9. The molecule has 8 heteroatoms. The molecule has 4 rings (SSSR count). The molecule has 1 saturated heterocycles. The van der Waals surface area contributed by atoms with Crippen molar-refractivity contribution >= 4 is 28.7 Å². The molecule has 30 heavy (non-hydrogen) atoms. The van der Waals surface area contributed by atoms with Gasteiger partial charge in [0.1, 0.15) is 0 Å². The second-order valence-corrected chi connectivity index (χ2v) is 8.92. The van der Waals surface area contributed by atoms with E-state index in [1.807, 2.05) is 26.8 Å². The third kappa shape index (κ3) is 4.95. The lowest BCUT2D eigenvalue weighted by molar-refractivity contribution is 0.123. The van der Waals surface area contributed by atoms with Gasteiger partial charge in [-0.3, -0.25) is 4.90 Å². The van der Waals surface area contributed by atoms with E-state index in [9.17, 15) is 5.11 Å². The first kappa shape index (κ1) is 20.7. The lowest BCUT2D eigenvalue weighted by Gasteiger charge is -2.36. The molecule has 3 aromatic rings. The van der Waals surface area contributed by atoms with Gasteiger partial charge in [-0.2, -0.15) is 0 Å². The van der Waals surface area contributed by atoms with Crippen LogP contribution in [0, 0.1) is 13.8 Å². The fourth-order valence-corrected chi connectivity index (χ4v) is 4.65. The summed E-state index contributed by atoms with van der Waals surface area (Å²) in [5.74, 6) is 0.581. The number of aromatic nitrogens is 3. The van der Waals surface area contributed by atoms with Gasteiger partial charge < -0.3 is 15.3 Å². The predicted octanol–water partition coefficient (Wildman–Crippen LogP) is 3.46. The fourth-order valence-electron chi connectivity index (χ4n) is 3.76. The van der Waals surface area contributed by atoms with E-state index >= 15 is 0 Å². The van der Waals surface area contributed by atoms with Gasteiger partial charge in [0.2, 0.25) is 5.95 Å². The van der Waals surface area contributed by atoms with Gasteiger partial charge in [-0.1, -0.05) is 0 Å². The summed E-state index contributed by atoms with van der Waals surface area (Å²) in [6.07, 6.45) is 1.51. The number of hydrogen-bond donors (Lipinski definition) is 2. The van der Waals surface area contributed by atoms with Crippen LogP contribution in [0.15, 0.2) is 36.5 Å². The van der Waals surface area contributed by atoms with Gasteiger partial charge in [0, 0.05) is 50.3 Å². The van der Waals surface area contributed by atoms with Crippen molar-refractivity contribution in [3.05, 3.63) is 47.2 Å². The van der Waals surface area contributed by atoms with Crippen LogP contribution in [-0.2, 0) is 0 Å². The Morgan fingerprint density at radius 3 is 2.43 bits per heavy atom. The van der Waals surface area contributed by atoms with Crippen LogP contribution in [0.2, 0.25) is 0 Å². The highest BCUT2D eigenvalue weighted by Gasteiger charge is 2.18. The highest BCUT2D eigenvalue weighted by molar-refractivity contribution is 7.15. The Hall–Kier alpha value is -2.55. The Morgan fingerprint density at radius 2 is 1.80 bits per heavy atom. The third-order valence-corrected chi connectivity index (χ3v) is 6.27. The van der Waals surface area contributed by atoms with Crippen molar-refractivity contribution < 1.29 is 5.11 Å². The second kappa shape index (κ2) is 9.07. The van der Waals surface area contributed by atoms with E-state index < -0.39 is 0 Å². The molecule has 2 N–H and O–H groups in total. The molecule has 158 valence electrons. The fraction of sp³-hybridized carbons (Fsp3) is 0.409. The van der Waals surface area contributed by atoms with E-state index in [1.54, 1.807) is 17.5 Å².